The van der Waals surface area contributed by atoms with Crippen LogP contribution in [0.3, 0.4) is 0 Å². The highest BCUT2D eigenvalue weighted by Crippen LogP contribution is 2.30. The van der Waals surface area contributed by atoms with E-state index >= 15 is 4.39 Å². The second kappa shape index (κ2) is 12.7. The third-order valence-electron chi connectivity index (χ3n) is 7.57. The number of carbonyl (C=O) groups is 2. The zero-order chi connectivity index (χ0) is 30.7. The molecule has 3 N–H and O–H groups in total. The highest BCUT2D eigenvalue weighted by atomic mass is 19.1. The van der Waals surface area contributed by atoms with Crippen molar-refractivity contribution >= 4 is 40.5 Å². The van der Waals surface area contributed by atoms with Crippen molar-refractivity contribution in [3.8, 4) is 11.1 Å². The molecular formula is C31H33F2N7O3. The van der Waals surface area contributed by atoms with E-state index in [1.807, 2.05) is 6.92 Å². The van der Waals surface area contributed by atoms with Crippen molar-refractivity contribution in [2.45, 2.75) is 26.9 Å². The van der Waals surface area contributed by atoms with Crippen molar-refractivity contribution < 1.29 is 18.4 Å². The van der Waals surface area contributed by atoms with E-state index in [2.05, 4.69) is 37.8 Å². The lowest BCUT2D eigenvalue weighted by Gasteiger charge is -2.32. The second-order valence-corrected chi connectivity index (χ2v) is 10.7. The number of amides is 3. The molecule has 1 fully saturated rings. The van der Waals surface area contributed by atoms with Crippen LogP contribution in [0.15, 0.2) is 53.5 Å². The molecule has 3 amide bonds. The number of nitrogens with zero attached hydrogens (tertiary/aromatic N) is 4. The summed E-state index contributed by atoms with van der Waals surface area (Å²) in [5.74, 6) is -0.871. The van der Waals surface area contributed by atoms with Gasteiger partial charge in [-0.1, -0.05) is 0 Å². The molecule has 2 aromatic carbocycles. The van der Waals surface area contributed by atoms with Gasteiger partial charge in [0, 0.05) is 68.2 Å². The lowest BCUT2D eigenvalue weighted by atomic mass is 9.99. The zero-order valence-electron chi connectivity index (χ0n) is 24.2. The molecule has 224 valence electrons. The fraction of sp³-hybridized carbons (Fsp3) is 0.290. The topological polar surface area (TPSA) is 112 Å². The average Bonchev–Trinajstić information content (AvgIpc) is 2.95. The maximum atomic E-state index is 15.0. The summed E-state index contributed by atoms with van der Waals surface area (Å²) >= 11 is 0. The Morgan fingerprint density at radius 3 is 2.49 bits per heavy atom. The number of hydrogen-bond acceptors (Lipinski definition) is 6. The van der Waals surface area contributed by atoms with Crippen LogP contribution >= 0.6 is 0 Å². The van der Waals surface area contributed by atoms with Gasteiger partial charge in [0.2, 0.25) is 6.41 Å². The van der Waals surface area contributed by atoms with Gasteiger partial charge in [-0.05, 0) is 74.0 Å². The van der Waals surface area contributed by atoms with Gasteiger partial charge >= 0.3 is 6.03 Å². The molecule has 0 aliphatic carbocycles. The lowest BCUT2D eigenvalue weighted by Crippen LogP contribution is -2.43. The van der Waals surface area contributed by atoms with E-state index in [0.29, 0.717) is 52.9 Å². The molecule has 1 aliphatic heterocycles. The van der Waals surface area contributed by atoms with Crippen molar-refractivity contribution in [3.05, 3.63) is 81.8 Å². The van der Waals surface area contributed by atoms with E-state index < -0.39 is 17.7 Å². The van der Waals surface area contributed by atoms with E-state index in [-0.39, 0.29) is 16.9 Å². The number of carbonyl (C=O) groups excluding carboxylic acids is 2. The molecule has 5 rings (SSSR count). The molecule has 0 atom stereocenters. The van der Waals surface area contributed by atoms with Gasteiger partial charge < -0.3 is 25.4 Å². The first-order chi connectivity index (χ1) is 20.6. The predicted octanol–water partition coefficient (Wildman–Crippen LogP) is 4.63. The SMILES string of the molecule is CCn1c(=O)c(-c2cc(NC(=O)Nc3cc(F)cc(CN4CCN(C)CC4)c3)c(F)cc2C)cc2cnc(NC=O)cc21. The lowest BCUT2D eigenvalue weighted by molar-refractivity contribution is -0.105. The molecule has 0 spiro atoms. The highest BCUT2D eigenvalue weighted by Gasteiger charge is 2.18. The van der Waals surface area contributed by atoms with Gasteiger partial charge in [-0.3, -0.25) is 14.5 Å². The van der Waals surface area contributed by atoms with E-state index in [0.717, 1.165) is 31.7 Å². The van der Waals surface area contributed by atoms with Crippen LogP contribution in [0.25, 0.3) is 22.0 Å². The Balaban J connectivity index is 1.40. The molecular weight excluding hydrogens is 556 g/mol. The number of benzene rings is 2. The summed E-state index contributed by atoms with van der Waals surface area (Å²) in [4.78, 5) is 46.0. The van der Waals surface area contributed by atoms with Crippen LogP contribution in [-0.4, -0.2) is 65.0 Å². The molecule has 4 aromatic rings. The van der Waals surface area contributed by atoms with Crippen LogP contribution in [0.2, 0.25) is 0 Å². The number of piperazine rings is 1. The second-order valence-electron chi connectivity index (χ2n) is 10.7. The summed E-state index contributed by atoms with van der Waals surface area (Å²) < 4.78 is 31.0. The number of halogens is 2. The third kappa shape index (κ3) is 6.71. The minimum atomic E-state index is -0.756. The number of nitrogens with one attached hydrogen (secondary N) is 3. The number of rotatable bonds is 8. The summed E-state index contributed by atoms with van der Waals surface area (Å²) in [6, 6.07) is 9.50. The Morgan fingerprint density at radius 2 is 1.77 bits per heavy atom. The molecule has 3 heterocycles. The summed E-state index contributed by atoms with van der Waals surface area (Å²) in [5.41, 5.74) is 2.30. The van der Waals surface area contributed by atoms with Gasteiger partial charge in [0.25, 0.3) is 5.56 Å². The Hall–Kier alpha value is -4.68. The minimum absolute atomic E-state index is 0.140. The number of fused-ring (bicyclic) bond motifs is 1. The number of urea groups is 1. The summed E-state index contributed by atoms with van der Waals surface area (Å²) in [6.07, 6.45) is 2.05. The van der Waals surface area contributed by atoms with Gasteiger partial charge in [-0.2, -0.15) is 0 Å². The van der Waals surface area contributed by atoms with Gasteiger partial charge in [-0.25, -0.2) is 18.6 Å². The van der Waals surface area contributed by atoms with E-state index in [1.165, 1.54) is 28.8 Å². The van der Waals surface area contributed by atoms with Crippen LogP contribution in [0, 0.1) is 18.6 Å². The Morgan fingerprint density at radius 1 is 1.00 bits per heavy atom. The predicted molar refractivity (Wildman–Crippen MR) is 163 cm³/mol. The molecule has 43 heavy (non-hydrogen) atoms. The zero-order valence-corrected chi connectivity index (χ0v) is 24.2. The van der Waals surface area contributed by atoms with Crippen LogP contribution in [0.5, 0.6) is 0 Å². The van der Waals surface area contributed by atoms with Crippen molar-refractivity contribution in [3.63, 3.8) is 0 Å². The molecule has 2 aromatic heterocycles. The van der Waals surface area contributed by atoms with Gasteiger partial charge in [0.05, 0.1) is 11.2 Å². The van der Waals surface area contributed by atoms with Gasteiger partial charge in [-0.15, -0.1) is 0 Å². The van der Waals surface area contributed by atoms with E-state index in [9.17, 15) is 18.8 Å². The number of pyridine rings is 2. The van der Waals surface area contributed by atoms with E-state index in [4.69, 9.17) is 0 Å². The monoisotopic (exact) mass is 589 g/mol. The molecule has 0 bridgehead atoms. The van der Waals surface area contributed by atoms with Crippen LogP contribution in [-0.2, 0) is 17.9 Å². The normalized spacial score (nSPS) is 14.1. The van der Waals surface area contributed by atoms with Gasteiger partial charge in [0.1, 0.15) is 17.5 Å². The number of aryl methyl sites for hydroxylation is 2. The fourth-order valence-corrected chi connectivity index (χ4v) is 5.34. The molecule has 12 heteroatoms. The summed E-state index contributed by atoms with van der Waals surface area (Å²) in [7, 11) is 2.06. The van der Waals surface area contributed by atoms with Crippen LogP contribution in [0.4, 0.5) is 30.8 Å². The highest BCUT2D eigenvalue weighted by molar-refractivity contribution is 6.00. The number of hydrogen-bond donors (Lipinski definition) is 3. The largest absolute Gasteiger partial charge is 0.323 e. The summed E-state index contributed by atoms with van der Waals surface area (Å²) in [6.45, 7) is 7.95. The quantitative estimate of drug-likeness (QED) is 0.259. The maximum Gasteiger partial charge on any atom is 0.323 e. The van der Waals surface area contributed by atoms with Crippen LogP contribution in [0.1, 0.15) is 18.1 Å². The number of anilines is 3. The molecule has 1 aliphatic rings. The molecule has 10 nitrogen and oxygen atoms in total. The first-order valence-corrected chi connectivity index (χ1v) is 14.0. The average molecular weight is 590 g/mol. The summed E-state index contributed by atoms with van der Waals surface area (Å²) in [5, 5.41) is 8.22. The van der Waals surface area contributed by atoms with Crippen molar-refractivity contribution in [1.29, 1.82) is 0 Å². The molecule has 0 unspecified atom stereocenters. The number of likely N-dealkylation sites (N-methyl/N-ethyl adjacent to an activating group) is 1. The third-order valence-corrected chi connectivity index (χ3v) is 7.57. The molecule has 0 saturated carbocycles. The van der Waals surface area contributed by atoms with Crippen molar-refractivity contribution in [1.82, 2.24) is 19.4 Å². The maximum absolute atomic E-state index is 15.0. The minimum Gasteiger partial charge on any atom is -0.313 e. The first kappa shape index (κ1) is 29.8. The molecule has 0 radical (unpaired) electrons. The fourth-order valence-electron chi connectivity index (χ4n) is 5.34. The molecule has 1 saturated heterocycles. The van der Waals surface area contributed by atoms with E-state index in [1.54, 1.807) is 31.3 Å². The number of aromatic nitrogens is 2. The smallest absolute Gasteiger partial charge is 0.313 e. The Kier molecular flexibility index (Phi) is 8.78. The Bertz CT molecular complexity index is 1750. The first-order valence-electron chi connectivity index (χ1n) is 14.0. The van der Waals surface area contributed by atoms with Crippen LogP contribution < -0.4 is 21.5 Å². The van der Waals surface area contributed by atoms with Crippen molar-refractivity contribution in [2.24, 2.45) is 0 Å². The van der Waals surface area contributed by atoms with Gasteiger partial charge in [0.15, 0.2) is 0 Å². The van der Waals surface area contributed by atoms with Crippen molar-refractivity contribution in [2.75, 3.05) is 49.2 Å². The standard InChI is InChI=1S/C31H33F2N7O3/c1-4-40-28-15-29(35-18-41)34-16-21(28)12-25(30(40)42)24-14-27(26(33)9-19(24)2)37-31(43)36-23-11-20(10-22(32)13-23)17-39-7-5-38(3)6-8-39/h9-16,18H,4-8,17H2,1-3H3,(H,34,35,41)(H2,36,37,43). The Labute approximate surface area is 247 Å².